The average molecular weight is 278 g/mol. The van der Waals surface area contributed by atoms with Gasteiger partial charge in [0.25, 0.3) is 5.91 Å². The molecule has 2 heterocycles. The van der Waals surface area contributed by atoms with E-state index >= 15 is 0 Å². The molecule has 0 spiro atoms. The zero-order valence-electron chi connectivity index (χ0n) is 11.9. The molecule has 3 heteroatoms. The molecule has 1 amide bonds. The van der Waals surface area contributed by atoms with E-state index < -0.39 is 0 Å². The van der Waals surface area contributed by atoms with Crippen molar-refractivity contribution < 1.29 is 4.79 Å². The minimum Gasteiger partial charge on any atom is -0.312 e. The largest absolute Gasteiger partial charge is 0.312 e. The summed E-state index contributed by atoms with van der Waals surface area (Å²) >= 11 is 0. The highest BCUT2D eigenvalue weighted by Gasteiger charge is 2.27. The van der Waals surface area contributed by atoms with Gasteiger partial charge in [0.05, 0.1) is 0 Å². The molecule has 2 aliphatic heterocycles. The third-order valence-corrected chi connectivity index (χ3v) is 4.50. The molecule has 2 aliphatic rings. The van der Waals surface area contributed by atoms with Crippen molar-refractivity contribution in [2.75, 3.05) is 18.0 Å². The lowest BCUT2D eigenvalue weighted by atomic mass is 9.94. The molecule has 0 aromatic heterocycles. The standard InChI is InChI=1S/C18H18N2O/c21-18-16-6-2-1-4-13(16)9-11-20(18)17-7-3-5-14-12-19-10-8-15(14)17/h1-7,19H,8-12H2. The van der Waals surface area contributed by atoms with Crippen molar-refractivity contribution in [1.29, 1.82) is 0 Å². The van der Waals surface area contributed by atoms with Crippen LogP contribution in [0.4, 0.5) is 5.69 Å². The lowest BCUT2D eigenvalue weighted by Crippen LogP contribution is -2.39. The first-order valence-corrected chi connectivity index (χ1v) is 7.56. The second-order valence-corrected chi connectivity index (χ2v) is 5.71. The van der Waals surface area contributed by atoms with Crippen LogP contribution >= 0.6 is 0 Å². The predicted molar refractivity (Wildman–Crippen MR) is 83.7 cm³/mol. The summed E-state index contributed by atoms with van der Waals surface area (Å²) in [6.45, 7) is 2.67. The molecule has 21 heavy (non-hydrogen) atoms. The topological polar surface area (TPSA) is 32.3 Å². The van der Waals surface area contributed by atoms with Crippen LogP contribution in [0.15, 0.2) is 42.5 Å². The number of carbonyl (C=O) groups excluding carboxylic acids is 1. The molecule has 0 atom stereocenters. The molecule has 106 valence electrons. The predicted octanol–water partition coefficient (Wildman–Crippen LogP) is 2.54. The lowest BCUT2D eigenvalue weighted by Gasteiger charge is -2.32. The van der Waals surface area contributed by atoms with Gasteiger partial charge in [0.1, 0.15) is 0 Å². The van der Waals surface area contributed by atoms with Gasteiger partial charge in [0, 0.05) is 24.3 Å². The Balaban J connectivity index is 1.77. The average Bonchev–Trinajstić information content (AvgIpc) is 2.55. The summed E-state index contributed by atoms with van der Waals surface area (Å²) in [7, 11) is 0. The first kappa shape index (κ1) is 12.6. The SMILES string of the molecule is O=C1c2ccccc2CCN1c1cccc2c1CCNC2. The minimum atomic E-state index is 0.142. The number of benzene rings is 2. The van der Waals surface area contributed by atoms with Gasteiger partial charge in [-0.2, -0.15) is 0 Å². The molecule has 0 unspecified atom stereocenters. The molecule has 4 rings (SSSR count). The summed E-state index contributed by atoms with van der Waals surface area (Å²) in [6, 6.07) is 14.3. The summed E-state index contributed by atoms with van der Waals surface area (Å²) in [6.07, 6.45) is 1.93. The first-order chi connectivity index (χ1) is 10.3. The number of fused-ring (bicyclic) bond motifs is 2. The van der Waals surface area contributed by atoms with Crippen LogP contribution in [0.1, 0.15) is 27.0 Å². The first-order valence-electron chi connectivity index (χ1n) is 7.56. The van der Waals surface area contributed by atoms with Gasteiger partial charge in [0.2, 0.25) is 0 Å². The molecule has 0 saturated heterocycles. The molecule has 0 bridgehead atoms. The van der Waals surface area contributed by atoms with E-state index in [1.807, 2.05) is 23.1 Å². The normalized spacial score (nSPS) is 17.3. The van der Waals surface area contributed by atoms with E-state index in [2.05, 4.69) is 29.6 Å². The zero-order valence-corrected chi connectivity index (χ0v) is 11.9. The van der Waals surface area contributed by atoms with E-state index in [0.29, 0.717) is 0 Å². The van der Waals surface area contributed by atoms with Gasteiger partial charge in [0.15, 0.2) is 0 Å². The summed E-state index contributed by atoms with van der Waals surface area (Å²) in [5, 5.41) is 3.39. The van der Waals surface area contributed by atoms with Crippen molar-refractivity contribution in [3.8, 4) is 0 Å². The molecule has 0 fully saturated rings. The van der Waals surface area contributed by atoms with Crippen LogP contribution in [-0.2, 0) is 19.4 Å². The van der Waals surface area contributed by atoms with Crippen LogP contribution in [0.25, 0.3) is 0 Å². The van der Waals surface area contributed by atoms with Crippen LogP contribution in [0, 0.1) is 0 Å². The molecular formula is C18H18N2O. The molecule has 1 N–H and O–H groups in total. The maximum Gasteiger partial charge on any atom is 0.258 e. The van der Waals surface area contributed by atoms with Gasteiger partial charge in [-0.15, -0.1) is 0 Å². The van der Waals surface area contributed by atoms with E-state index in [9.17, 15) is 4.79 Å². The quantitative estimate of drug-likeness (QED) is 0.869. The number of nitrogens with zero attached hydrogens (tertiary/aromatic N) is 1. The van der Waals surface area contributed by atoms with Crippen molar-refractivity contribution in [2.24, 2.45) is 0 Å². The highest BCUT2D eigenvalue weighted by atomic mass is 16.2. The van der Waals surface area contributed by atoms with E-state index in [-0.39, 0.29) is 5.91 Å². The molecule has 0 aliphatic carbocycles. The molecule has 2 aromatic rings. The van der Waals surface area contributed by atoms with Crippen molar-refractivity contribution >= 4 is 11.6 Å². The fourth-order valence-corrected chi connectivity index (χ4v) is 3.42. The van der Waals surface area contributed by atoms with E-state index in [0.717, 1.165) is 43.7 Å². The summed E-state index contributed by atoms with van der Waals surface area (Å²) < 4.78 is 0. The van der Waals surface area contributed by atoms with Crippen LogP contribution in [0.2, 0.25) is 0 Å². The Hall–Kier alpha value is -2.13. The number of amides is 1. The van der Waals surface area contributed by atoms with Gasteiger partial charge in [-0.3, -0.25) is 4.79 Å². The number of anilines is 1. The minimum absolute atomic E-state index is 0.142. The maximum absolute atomic E-state index is 12.8. The number of rotatable bonds is 1. The fourth-order valence-electron chi connectivity index (χ4n) is 3.42. The second kappa shape index (κ2) is 5.01. The number of carbonyl (C=O) groups is 1. The van der Waals surface area contributed by atoms with Crippen LogP contribution in [0.5, 0.6) is 0 Å². The van der Waals surface area contributed by atoms with E-state index in [4.69, 9.17) is 0 Å². The van der Waals surface area contributed by atoms with Crippen molar-refractivity contribution in [1.82, 2.24) is 5.32 Å². The molecule has 0 saturated carbocycles. The molecule has 0 radical (unpaired) electrons. The fraction of sp³-hybridized carbons (Fsp3) is 0.278. The lowest BCUT2D eigenvalue weighted by molar-refractivity contribution is 0.0980. The Morgan fingerprint density at radius 3 is 2.76 bits per heavy atom. The Morgan fingerprint density at radius 2 is 1.81 bits per heavy atom. The van der Waals surface area contributed by atoms with Crippen molar-refractivity contribution in [3.05, 3.63) is 64.7 Å². The van der Waals surface area contributed by atoms with E-state index in [1.54, 1.807) is 0 Å². The van der Waals surface area contributed by atoms with Gasteiger partial charge in [-0.05, 0) is 48.2 Å². The monoisotopic (exact) mass is 278 g/mol. The Bertz CT molecular complexity index is 708. The number of hydrogen-bond acceptors (Lipinski definition) is 2. The molecule has 3 nitrogen and oxygen atoms in total. The Kier molecular flexibility index (Phi) is 3.00. The highest BCUT2D eigenvalue weighted by molar-refractivity contribution is 6.08. The Morgan fingerprint density at radius 1 is 0.952 bits per heavy atom. The number of nitrogens with one attached hydrogen (secondary N) is 1. The third kappa shape index (κ3) is 2.05. The van der Waals surface area contributed by atoms with Crippen molar-refractivity contribution in [2.45, 2.75) is 19.4 Å². The van der Waals surface area contributed by atoms with Crippen LogP contribution in [-0.4, -0.2) is 19.0 Å². The second-order valence-electron chi connectivity index (χ2n) is 5.71. The summed E-state index contributed by atoms with van der Waals surface area (Å²) in [5.41, 5.74) is 5.79. The maximum atomic E-state index is 12.8. The van der Waals surface area contributed by atoms with Gasteiger partial charge in [-0.25, -0.2) is 0 Å². The molecular weight excluding hydrogens is 260 g/mol. The van der Waals surface area contributed by atoms with Gasteiger partial charge in [-0.1, -0.05) is 30.3 Å². The van der Waals surface area contributed by atoms with E-state index in [1.165, 1.54) is 16.7 Å². The van der Waals surface area contributed by atoms with Crippen LogP contribution < -0.4 is 10.2 Å². The summed E-state index contributed by atoms with van der Waals surface area (Å²) in [5.74, 6) is 0.142. The van der Waals surface area contributed by atoms with Gasteiger partial charge < -0.3 is 10.2 Å². The van der Waals surface area contributed by atoms with Gasteiger partial charge >= 0.3 is 0 Å². The third-order valence-electron chi connectivity index (χ3n) is 4.50. The summed E-state index contributed by atoms with van der Waals surface area (Å²) in [4.78, 5) is 14.8. The smallest absolute Gasteiger partial charge is 0.258 e. The number of hydrogen-bond donors (Lipinski definition) is 1. The van der Waals surface area contributed by atoms with Crippen molar-refractivity contribution in [3.63, 3.8) is 0 Å². The molecule has 2 aromatic carbocycles. The Labute approximate surface area is 124 Å². The zero-order chi connectivity index (χ0) is 14.2. The highest BCUT2D eigenvalue weighted by Crippen LogP contribution is 2.30. The van der Waals surface area contributed by atoms with Crippen LogP contribution in [0.3, 0.4) is 0 Å².